The van der Waals surface area contributed by atoms with Gasteiger partial charge in [0.2, 0.25) is 0 Å². The van der Waals surface area contributed by atoms with Crippen molar-refractivity contribution >= 4 is 17.3 Å². The van der Waals surface area contributed by atoms with Gasteiger partial charge in [0, 0.05) is 49.7 Å². The largest absolute Gasteiger partial charge is 0.416 e. The number of anilines is 2. The van der Waals surface area contributed by atoms with Crippen molar-refractivity contribution in [3.05, 3.63) is 58.7 Å². The molecule has 2 aromatic rings. The lowest BCUT2D eigenvalue weighted by molar-refractivity contribution is -0.138. The van der Waals surface area contributed by atoms with E-state index in [1.54, 1.807) is 6.07 Å². The standard InChI is InChI=1S/C12H13F3N2O2.C12H15F3N2O/c13-12(14,15)9-5-8(6-10(16)7-9)11(18)17-1-3-19-4-2-17;13-12(14,15)10-5-9(6-11(16)7-10)8-17-1-3-18-4-2-17/h5-7H,1-4,16H2;5-7H,1-4,8,16H2. The lowest BCUT2D eigenvalue weighted by Gasteiger charge is -2.27. The van der Waals surface area contributed by atoms with E-state index in [0.717, 1.165) is 37.4 Å². The molecule has 4 N–H and O–H groups in total. The minimum atomic E-state index is -4.52. The molecule has 2 fully saturated rings. The Morgan fingerprint density at radius 2 is 1.22 bits per heavy atom. The molecule has 0 radical (unpaired) electrons. The zero-order chi connectivity index (χ0) is 27.2. The maximum absolute atomic E-state index is 12.7. The van der Waals surface area contributed by atoms with Crippen LogP contribution in [0.5, 0.6) is 0 Å². The first kappa shape index (κ1) is 28.5. The summed E-state index contributed by atoms with van der Waals surface area (Å²) in [6.07, 6.45) is -8.87. The number of hydrogen-bond acceptors (Lipinski definition) is 6. The van der Waals surface area contributed by atoms with E-state index < -0.39 is 29.4 Å². The van der Waals surface area contributed by atoms with E-state index in [-0.39, 0.29) is 16.9 Å². The normalized spacial score (nSPS) is 17.2. The van der Waals surface area contributed by atoms with Crippen LogP contribution in [0.3, 0.4) is 0 Å². The number of carbonyl (C=O) groups excluding carboxylic acids is 1. The van der Waals surface area contributed by atoms with Crippen LogP contribution in [0, 0.1) is 0 Å². The van der Waals surface area contributed by atoms with Gasteiger partial charge in [0.1, 0.15) is 0 Å². The molecule has 0 aliphatic carbocycles. The molecule has 0 aromatic heterocycles. The van der Waals surface area contributed by atoms with Crippen LogP contribution in [0.1, 0.15) is 27.0 Å². The van der Waals surface area contributed by atoms with Gasteiger partial charge in [-0.3, -0.25) is 9.69 Å². The molecule has 4 rings (SSSR count). The Morgan fingerprint density at radius 1 is 0.730 bits per heavy atom. The van der Waals surface area contributed by atoms with Crippen LogP contribution >= 0.6 is 0 Å². The summed E-state index contributed by atoms with van der Waals surface area (Å²) in [4.78, 5) is 15.6. The summed E-state index contributed by atoms with van der Waals surface area (Å²) in [5.41, 5.74) is 9.95. The van der Waals surface area contributed by atoms with E-state index in [1.165, 1.54) is 11.0 Å². The Balaban J connectivity index is 0.000000206. The summed E-state index contributed by atoms with van der Waals surface area (Å²) < 4.78 is 86.2. The topological polar surface area (TPSA) is 94.0 Å². The SMILES string of the molecule is Nc1cc(C(=O)N2CCOCC2)cc(C(F)(F)F)c1.Nc1cc(CN2CCOCC2)cc(C(F)(F)F)c1. The monoisotopic (exact) mass is 534 g/mol. The molecule has 0 bridgehead atoms. The molecule has 2 aliphatic rings. The van der Waals surface area contributed by atoms with Gasteiger partial charge in [-0.05, 0) is 42.0 Å². The Bertz CT molecular complexity index is 1070. The zero-order valence-electron chi connectivity index (χ0n) is 19.9. The van der Waals surface area contributed by atoms with Crippen molar-refractivity contribution < 1.29 is 40.6 Å². The lowest BCUT2D eigenvalue weighted by Crippen LogP contribution is -2.40. The zero-order valence-corrected chi connectivity index (χ0v) is 19.9. The van der Waals surface area contributed by atoms with Gasteiger partial charge in [0.15, 0.2) is 0 Å². The Morgan fingerprint density at radius 3 is 1.76 bits per heavy atom. The summed E-state index contributed by atoms with van der Waals surface area (Å²) in [6, 6.07) is 6.61. The minimum absolute atomic E-state index is 0.0470. The number of ether oxygens (including phenoxy) is 2. The first-order valence-electron chi connectivity index (χ1n) is 11.4. The maximum atomic E-state index is 12.7. The molecule has 2 aliphatic heterocycles. The quantitative estimate of drug-likeness (QED) is 0.459. The second kappa shape index (κ2) is 12.0. The molecule has 204 valence electrons. The molecule has 2 saturated heterocycles. The number of morpholine rings is 2. The highest BCUT2D eigenvalue weighted by Gasteiger charge is 2.33. The van der Waals surface area contributed by atoms with Crippen LogP contribution in [-0.2, 0) is 28.4 Å². The number of nitrogens with zero attached hydrogens (tertiary/aromatic N) is 2. The summed E-state index contributed by atoms with van der Waals surface area (Å²) in [6.45, 7) is 4.69. The highest BCUT2D eigenvalue weighted by molar-refractivity contribution is 5.95. The molecule has 0 saturated carbocycles. The van der Waals surface area contributed by atoms with Crippen molar-refractivity contribution in [2.75, 3.05) is 64.1 Å². The first-order valence-corrected chi connectivity index (χ1v) is 11.4. The molecule has 1 amide bonds. The van der Waals surface area contributed by atoms with Crippen LogP contribution in [0.2, 0.25) is 0 Å². The lowest BCUT2D eigenvalue weighted by atomic mass is 10.1. The van der Waals surface area contributed by atoms with Crippen LogP contribution in [0.15, 0.2) is 36.4 Å². The van der Waals surface area contributed by atoms with E-state index >= 15 is 0 Å². The number of nitrogen functional groups attached to an aromatic ring is 2. The van der Waals surface area contributed by atoms with Crippen molar-refractivity contribution in [1.82, 2.24) is 9.80 Å². The number of rotatable bonds is 3. The third kappa shape index (κ3) is 8.51. The molecule has 0 unspecified atom stereocenters. The minimum Gasteiger partial charge on any atom is -0.399 e. The van der Waals surface area contributed by atoms with Gasteiger partial charge < -0.3 is 25.8 Å². The van der Waals surface area contributed by atoms with Crippen LogP contribution in [-0.4, -0.2) is 68.3 Å². The summed E-state index contributed by atoms with van der Waals surface area (Å²) >= 11 is 0. The molecule has 0 atom stereocenters. The molecule has 7 nitrogen and oxygen atoms in total. The van der Waals surface area contributed by atoms with Gasteiger partial charge >= 0.3 is 12.4 Å². The van der Waals surface area contributed by atoms with Gasteiger partial charge in [0.25, 0.3) is 5.91 Å². The fraction of sp³-hybridized carbons (Fsp3) is 0.458. The fourth-order valence-electron chi connectivity index (χ4n) is 3.88. The second-order valence-corrected chi connectivity index (χ2v) is 8.60. The van der Waals surface area contributed by atoms with Crippen molar-refractivity contribution in [2.24, 2.45) is 0 Å². The van der Waals surface area contributed by atoms with E-state index in [0.29, 0.717) is 51.6 Å². The van der Waals surface area contributed by atoms with Gasteiger partial charge in [-0.2, -0.15) is 26.3 Å². The molecule has 2 aromatic carbocycles. The number of benzene rings is 2. The van der Waals surface area contributed by atoms with Crippen LogP contribution in [0.25, 0.3) is 0 Å². The van der Waals surface area contributed by atoms with Crippen molar-refractivity contribution in [3.63, 3.8) is 0 Å². The average Bonchev–Trinajstić information content (AvgIpc) is 2.83. The summed E-state index contributed by atoms with van der Waals surface area (Å²) in [5, 5.41) is 0. The average molecular weight is 535 g/mol. The van der Waals surface area contributed by atoms with E-state index in [2.05, 4.69) is 4.90 Å². The van der Waals surface area contributed by atoms with Crippen molar-refractivity contribution in [1.29, 1.82) is 0 Å². The van der Waals surface area contributed by atoms with E-state index in [1.807, 2.05) is 0 Å². The smallest absolute Gasteiger partial charge is 0.399 e. The maximum Gasteiger partial charge on any atom is 0.416 e. The predicted octanol–water partition coefficient (Wildman–Crippen LogP) is 3.88. The molecule has 0 spiro atoms. The number of carbonyl (C=O) groups is 1. The van der Waals surface area contributed by atoms with Gasteiger partial charge in [-0.1, -0.05) is 0 Å². The third-order valence-electron chi connectivity index (χ3n) is 5.68. The Kier molecular flexibility index (Phi) is 9.26. The number of alkyl halides is 6. The molecule has 2 heterocycles. The van der Waals surface area contributed by atoms with Gasteiger partial charge in [-0.15, -0.1) is 0 Å². The van der Waals surface area contributed by atoms with Crippen LogP contribution < -0.4 is 11.5 Å². The second-order valence-electron chi connectivity index (χ2n) is 8.60. The van der Waals surface area contributed by atoms with Crippen molar-refractivity contribution in [3.8, 4) is 0 Å². The number of halogens is 6. The number of hydrogen-bond donors (Lipinski definition) is 2. The molecular formula is C24H28F6N4O3. The summed E-state index contributed by atoms with van der Waals surface area (Å²) in [7, 11) is 0. The molecule has 37 heavy (non-hydrogen) atoms. The van der Waals surface area contributed by atoms with Gasteiger partial charge in [0.05, 0.1) is 37.6 Å². The number of nitrogens with two attached hydrogens (primary N) is 2. The molecule has 13 heteroatoms. The highest BCUT2D eigenvalue weighted by atomic mass is 19.4. The first-order chi connectivity index (χ1) is 17.3. The van der Waals surface area contributed by atoms with Crippen molar-refractivity contribution in [2.45, 2.75) is 18.9 Å². The number of amides is 1. The molecular weight excluding hydrogens is 506 g/mol. The highest BCUT2D eigenvalue weighted by Crippen LogP contribution is 2.32. The van der Waals surface area contributed by atoms with Crippen LogP contribution in [0.4, 0.5) is 37.7 Å². The summed E-state index contributed by atoms with van der Waals surface area (Å²) in [5.74, 6) is -0.457. The predicted molar refractivity (Wildman–Crippen MR) is 125 cm³/mol. The Hall–Kier alpha value is -3.03. The third-order valence-corrected chi connectivity index (χ3v) is 5.68. The Labute approximate surface area is 209 Å². The van der Waals surface area contributed by atoms with E-state index in [4.69, 9.17) is 20.9 Å². The van der Waals surface area contributed by atoms with Gasteiger partial charge in [-0.25, -0.2) is 0 Å². The fourth-order valence-corrected chi connectivity index (χ4v) is 3.88. The van der Waals surface area contributed by atoms with E-state index in [9.17, 15) is 31.1 Å².